The summed E-state index contributed by atoms with van der Waals surface area (Å²) in [6.07, 6.45) is 0. The highest BCUT2D eigenvalue weighted by Gasteiger charge is 2.21. The molecule has 0 unspecified atom stereocenters. The lowest BCUT2D eigenvalue weighted by atomic mass is 10.1. The van der Waals surface area contributed by atoms with Crippen molar-refractivity contribution in [3.63, 3.8) is 0 Å². The first-order valence-corrected chi connectivity index (χ1v) is 4.17. The third-order valence-corrected chi connectivity index (χ3v) is 2.15. The Bertz CT molecular complexity index is 337. The normalized spacial score (nSPS) is 20.2. The van der Waals surface area contributed by atoms with Crippen LogP contribution in [0.1, 0.15) is 18.5 Å². The lowest BCUT2D eigenvalue weighted by molar-refractivity contribution is -0.168. The smallest absolute Gasteiger partial charge is 0.102 e. The summed E-state index contributed by atoms with van der Waals surface area (Å²) in [5, 5.41) is 9.42. The maximum atomic E-state index is 5.03. The molecule has 0 spiro atoms. The molecule has 1 aliphatic rings. The first-order chi connectivity index (χ1) is 6.33. The maximum absolute atomic E-state index is 5.03. The number of rotatable bonds is 1. The van der Waals surface area contributed by atoms with E-state index in [9.17, 15) is 0 Å². The van der Waals surface area contributed by atoms with Crippen molar-refractivity contribution in [3.8, 4) is 0 Å². The van der Waals surface area contributed by atoms with Gasteiger partial charge in [0, 0.05) is 5.56 Å². The number of fused-ring (bicyclic) bond motifs is 1. The Morgan fingerprint density at radius 2 is 2.15 bits per heavy atom. The van der Waals surface area contributed by atoms with E-state index >= 15 is 0 Å². The Morgan fingerprint density at radius 1 is 1.38 bits per heavy atom. The van der Waals surface area contributed by atoms with Gasteiger partial charge in [-0.3, -0.25) is 4.84 Å². The van der Waals surface area contributed by atoms with Gasteiger partial charge in [0.2, 0.25) is 0 Å². The minimum atomic E-state index is 0.124. The Labute approximate surface area is 76.8 Å². The largest absolute Gasteiger partial charge is 0.258 e. The fourth-order valence-corrected chi connectivity index (χ4v) is 1.42. The quantitative estimate of drug-likeness (QED) is 0.661. The summed E-state index contributed by atoms with van der Waals surface area (Å²) in [5.74, 6) is 0. The van der Waals surface area contributed by atoms with E-state index in [2.05, 4.69) is 10.3 Å². The molecule has 1 aromatic carbocycles. The molecule has 13 heavy (non-hydrogen) atoms. The van der Waals surface area contributed by atoms with Crippen LogP contribution < -0.4 is 0 Å². The Hall–Kier alpha value is -1.42. The summed E-state index contributed by atoms with van der Waals surface area (Å²) in [4.78, 5) is 5.03. The average Bonchev–Trinajstić information content (AvgIpc) is 2.19. The van der Waals surface area contributed by atoms with Crippen LogP contribution in [0.15, 0.2) is 34.6 Å². The summed E-state index contributed by atoms with van der Waals surface area (Å²) < 4.78 is 0. The van der Waals surface area contributed by atoms with E-state index in [1.165, 1.54) is 5.17 Å². The van der Waals surface area contributed by atoms with Crippen molar-refractivity contribution < 1.29 is 4.84 Å². The molecule has 0 saturated carbocycles. The molecule has 1 heterocycles. The van der Waals surface area contributed by atoms with E-state index in [0.717, 1.165) is 11.3 Å². The van der Waals surface area contributed by atoms with Gasteiger partial charge >= 0.3 is 0 Å². The van der Waals surface area contributed by atoms with Crippen LogP contribution in [0.4, 0.5) is 5.69 Å². The van der Waals surface area contributed by atoms with Crippen molar-refractivity contribution in [1.82, 2.24) is 5.17 Å². The van der Waals surface area contributed by atoms with Crippen LogP contribution in [0, 0.1) is 0 Å². The zero-order valence-electron chi connectivity index (χ0n) is 7.64. The Kier molecular flexibility index (Phi) is 1.98. The molecule has 0 radical (unpaired) electrons. The lowest BCUT2D eigenvalue weighted by Gasteiger charge is -2.26. The number of hydroxylamine groups is 1. The summed E-state index contributed by atoms with van der Waals surface area (Å²) >= 11 is 0. The predicted molar refractivity (Wildman–Crippen MR) is 48.2 cm³/mol. The van der Waals surface area contributed by atoms with Crippen LogP contribution >= 0.6 is 0 Å². The van der Waals surface area contributed by atoms with E-state index in [1.807, 2.05) is 31.2 Å². The van der Waals surface area contributed by atoms with Gasteiger partial charge in [-0.15, -0.1) is 10.3 Å². The molecule has 2 rings (SSSR count). The standard InChI is InChI=1S/C9H11N3O/c1-7-8-5-3-4-6-9(8)10-11-12(7)13-2/h3-7H,1-2H3/t7-/m1/s1. The van der Waals surface area contributed by atoms with Crippen LogP contribution in [0.3, 0.4) is 0 Å². The molecule has 0 amide bonds. The third kappa shape index (κ3) is 1.29. The lowest BCUT2D eigenvalue weighted by Crippen LogP contribution is -2.21. The van der Waals surface area contributed by atoms with Crippen LogP contribution in [-0.2, 0) is 4.84 Å². The van der Waals surface area contributed by atoms with E-state index in [0.29, 0.717) is 0 Å². The highest BCUT2D eigenvalue weighted by molar-refractivity contribution is 5.47. The highest BCUT2D eigenvalue weighted by Crippen LogP contribution is 2.33. The van der Waals surface area contributed by atoms with Crippen LogP contribution in [0.25, 0.3) is 0 Å². The third-order valence-electron chi connectivity index (χ3n) is 2.15. The maximum Gasteiger partial charge on any atom is 0.102 e. The topological polar surface area (TPSA) is 37.2 Å². The van der Waals surface area contributed by atoms with Gasteiger partial charge in [0.1, 0.15) is 6.04 Å². The second kappa shape index (κ2) is 3.14. The first kappa shape index (κ1) is 8.19. The van der Waals surface area contributed by atoms with Crippen molar-refractivity contribution >= 4 is 5.69 Å². The predicted octanol–water partition coefficient (Wildman–Crippen LogP) is 2.62. The zero-order valence-corrected chi connectivity index (χ0v) is 7.64. The second-order valence-corrected chi connectivity index (χ2v) is 2.91. The first-order valence-electron chi connectivity index (χ1n) is 4.17. The van der Waals surface area contributed by atoms with Crippen molar-refractivity contribution in [2.75, 3.05) is 7.11 Å². The van der Waals surface area contributed by atoms with E-state index in [4.69, 9.17) is 4.84 Å². The molecule has 0 aliphatic carbocycles. The molecule has 1 atom stereocenters. The summed E-state index contributed by atoms with van der Waals surface area (Å²) in [5.41, 5.74) is 2.06. The van der Waals surface area contributed by atoms with Gasteiger partial charge in [0.05, 0.1) is 12.8 Å². The molecule has 68 valence electrons. The number of benzene rings is 1. The van der Waals surface area contributed by atoms with Gasteiger partial charge in [-0.05, 0) is 18.2 Å². The summed E-state index contributed by atoms with van der Waals surface area (Å²) in [7, 11) is 1.59. The van der Waals surface area contributed by atoms with Gasteiger partial charge < -0.3 is 0 Å². The van der Waals surface area contributed by atoms with Crippen LogP contribution in [0.2, 0.25) is 0 Å². The minimum Gasteiger partial charge on any atom is -0.258 e. The van der Waals surface area contributed by atoms with E-state index < -0.39 is 0 Å². The molecule has 0 N–H and O–H groups in total. The molecular weight excluding hydrogens is 166 g/mol. The zero-order chi connectivity index (χ0) is 9.26. The molecule has 4 nitrogen and oxygen atoms in total. The molecule has 1 aliphatic heterocycles. The number of hydrogen-bond acceptors (Lipinski definition) is 4. The SMILES string of the molecule is CON1N=Nc2ccccc2[C@H]1C. The Morgan fingerprint density at radius 3 is 2.92 bits per heavy atom. The molecule has 0 bridgehead atoms. The van der Waals surface area contributed by atoms with Crippen LogP contribution in [-0.4, -0.2) is 12.3 Å². The summed E-state index contributed by atoms with van der Waals surface area (Å²) in [6, 6.07) is 8.04. The fourth-order valence-electron chi connectivity index (χ4n) is 1.42. The van der Waals surface area contributed by atoms with Gasteiger partial charge in [-0.2, -0.15) is 0 Å². The van der Waals surface area contributed by atoms with Crippen molar-refractivity contribution in [3.05, 3.63) is 29.8 Å². The average molecular weight is 177 g/mol. The van der Waals surface area contributed by atoms with Crippen LogP contribution in [0.5, 0.6) is 0 Å². The van der Waals surface area contributed by atoms with E-state index in [1.54, 1.807) is 7.11 Å². The molecular formula is C9H11N3O. The second-order valence-electron chi connectivity index (χ2n) is 2.91. The molecule has 0 aromatic heterocycles. The van der Waals surface area contributed by atoms with Gasteiger partial charge in [0.15, 0.2) is 0 Å². The summed E-state index contributed by atoms with van der Waals surface area (Å²) in [6.45, 7) is 2.03. The van der Waals surface area contributed by atoms with Gasteiger partial charge in [-0.25, -0.2) is 0 Å². The monoisotopic (exact) mass is 177 g/mol. The molecule has 0 saturated heterocycles. The minimum absolute atomic E-state index is 0.124. The molecule has 0 fully saturated rings. The number of hydrogen-bond donors (Lipinski definition) is 0. The molecule has 4 heteroatoms. The Balaban J connectivity index is 2.42. The van der Waals surface area contributed by atoms with Crippen molar-refractivity contribution in [2.45, 2.75) is 13.0 Å². The molecule has 1 aromatic rings. The highest BCUT2D eigenvalue weighted by atomic mass is 16.7. The van der Waals surface area contributed by atoms with Crippen molar-refractivity contribution in [1.29, 1.82) is 0 Å². The van der Waals surface area contributed by atoms with Crippen molar-refractivity contribution in [2.24, 2.45) is 10.3 Å². The fraction of sp³-hybridized carbons (Fsp3) is 0.333. The van der Waals surface area contributed by atoms with Gasteiger partial charge in [0.25, 0.3) is 0 Å². The van der Waals surface area contributed by atoms with Gasteiger partial charge in [-0.1, -0.05) is 18.2 Å². The number of nitrogens with zero attached hydrogens (tertiary/aromatic N) is 3. The van der Waals surface area contributed by atoms with E-state index in [-0.39, 0.29) is 6.04 Å².